The summed E-state index contributed by atoms with van der Waals surface area (Å²) in [5.74, 6) is 2.75. The lowest BCUT2D eigenvalue weighted by Crippen LogP contribution is -2.12. The molecule has 16 heavy (non-hydrogen) atoms. The summed E-state index contributed by atoms with van der Waals surface area (Å²) < 4.78 is 5.37. The smallest absolute Gasteiger partial charge is 0.123 e. The SMILES string of the molecule is COc1ccccc1C(CN)SCC(C)C. The van der Waals surface area contributed by atoms with Crippen LogP contribution < -0.4 is 10.5 Å². The van der Waals surface area contributed by atoms with Crippen molar-refractivity contribution in [3.63, 3.8) is 0 Å². The number of hydrogen-bond donors (Lipinski definition) is 1. The van der Waals surface area contributed by atoms with E-state index in [9.17, 15) is 0 Å². The minimum atomic E-state index is 0.332. The first-order valence-electron chi connectivity index (χ1n) is 5.63. The third-order valence-corrected chi connectivity index (χ3v) is 4.04. The molecule has 0 amide bonds. The highest BCUT2D eigenvalue weighted by Gasteiger charge is 2.14. The quantitative estimate of drug-likeness (QED) is 0.828. The number of hydrogen-bond acceptors (Lipinski definition) is 3. The van der Waals surface area contributed by atoms with Gasteiger partial charge in [-0.2, -0.15) is 11.8 Å². The van der Waals surface area contributed by atoms with E-state index in [-0.39, 0.29) is 0 Å². The predicted octanol–water partition coefficient (Wildman–Crippen LogP) is 3.08. The summed E-state index contributed by atoms with van der Waals surface area (Å²) in [6, 6.07) is 8.12. The Hall–Kier alpha value is -0.670. The van der Waals surface area contributed by atoms with Crippen LogP contribution >= 0.6 is 11.8 Å². The van der Waals surface area contributed by atoms with E-state index in [1.54, 1.807) is 7.11 Å². The van der Waals surface area contributed by atoms with Gasteiger partial charge in [-0.3, -0.25) is 0 Å². The standard InChI is InChI=1S/C13H21NOS/c1-10(2)9-16-13(8-14)11-6-4-5-7-12(11)15-3/h4-7,10,13H,8-9,14H2,1-3H3. The third-order valence-electron chi connectivity index (χ3n) is 2.33. The van der Waals surface area contributed by atoms with E-state index in [1.807, 2.05) is 30.0 Å². The molecule has 0 aliphatic rings. The van der Waals surface area contributed by atoms with Gasteiger partial charge in [0.15, 0.2) is 0 Å². The minimum absolute atomic E-state index is 0.332. The molecule has 1 aromatic carbocycles. The van der Waals surface area contributed by atoms with E-state index in [0.29, 0.717) is 17.7 Å². The molecule has 0 heterocycles. The summed E-state index contributed by atoms with van der Waals surface area (Å²) in [6.07, 6.45) is 0. The zero-order valence-electron chi connectivity index (χ0n) is 10.3. The van der Waals surface area contributed by atoms with Crippen LogP contribution in [0.5, 0.6) is 5.75 Å². The molecular formula is C13H21NOS. The summed E-state index contributed by atoms with van der Waals surface area (Å²) >= 11 is 1.91. The molecule has 0 saturated heterocycles. The first-order chi connectivity index (χ1) is 7.69. The summed E-state index contributed by atoms with van der Waals surface area (Å²) in [6.45, 7) is 5.10. The molecule has 0 fully saturated rings. The van der Waals surface area contributed by atoms with Crippen molar-refractivity contribution in [1.29, 1.82) is 0 Å². The van der Waals surface area contributed by atoms with Crippen LogP contribution in [0.25, 0.3) is 0 Å². The summed E-state index contributed by atoms with van der Waals surface area (Å²) in [7, 11) is 1.71. The average Bonchev–Trinajstić information content (AvgIpc) is 2.30. The lowest BCUT2D eigenvalue weighted by molar-refractivity contribution is 0.409. The van der Waals surface area contributed by atoms with Gasteiger partial charge in [0.1, 0.15) is 5.75 Å². The third kappa shape index (κ3) is 3.72. The summed E-state index contributed by atoms with van der Waals surface area (Å²) in [5.41, 5.74) is 7.04. The number of benzene rings is 1. The molecule has 90 valence electrons. The second kappa shape index (κ2) is 6.81. The van der Waals surface area contributed by atoms with Crippen LogP contribution in [0, 0.1) is 5.92 Å². The molecule has 1 aromatic rings. The van der Waals surface area contributed by atoms with Crippen LogP contribution in [0.15, 0.2) is 24.3 Å². The van der Waals surface area contributed by atoms with Gasteiger partial charge in [0.25, 0.3) is 0 Å². The van der Waals surface area contributed by atoms with Crippen LogP contribution in [0.3, 0.4) is 0 Å². The molecule has 0 saturated carbocycles. The van der Waals surface area contributed by atoms with Crippen LogP contribution in [0.4, 0.5) is 0 Å². The second-order valence-electron chi connectivity index (χ2n) is 4.19. The van der Waals surface area contributed by atoms with Crippen molar-refractivity contribution in [2.75, 3.05) is 19.4 Å². The minimum Gasteiger partial charge on any atom is -0.496 e. The maximum atomic E-state index is 5.84. The first kappa shape index (κ1) is 13.4. The van der Waals surface area contributed by atoms with Gasteiger partial charge in [-0.15, -0.1) is 0 Å². The Balaban J connectivity index is 2.77. The monoisotopic (exact) mass is 239 g/mol. The molecule has 3 heteroatoms. The van der Waals surface area contributed by atoms with Crippen molar-refractivity contribution in [3.8, 4) is 5.75 Å². The Bertz CT molecular complexity index is 315. The van der Waals surface area contributed by atoms with Gasteiger partial charge in [0, 0.05) is 17.4 Å². The maximum Gasteiger partial charge on any atom is 0.123 e. The largest absolute Gasteiger partial charge is 0.496 e. The fourth-order valence-electron chi connectivity index (χ4n) is 1.53. The number of para-hydroxylation sites is 1. The van der Waals surface area contributed by atoms with Crippen LogP contribution in [-0.4, -0.2) is 19.4 Å². The van der Waals surface area contributed by atoms with Gasteiger partial charge in [-0.25, -0.2) is 0 Å². The Labute approximate surface area is 103 Å². The van der Waals surface area contributed by atoms with Crippen LogP contribution in [0.1, 0.15) is 24.7 Å². The Kier molecular flexibility index (Phi) is 5.71. The molecule has 0 aliphatic heterocycles. The Morgan fingerprint density at radius 2 is 2.00 bits per heavy atom. The van der Waals surface area contributed by atoms with Gasteiger partial charge in [0.05, 0.1) is 7.11 Å². The van der Waals surface area contributed by atoms with E-state index in [0.717, 1.165) is 11.5 Å². The maximum absolute atomic E-state index is 5.84. The molecule has 0 spiro atoms. The fourth-order valence-corrected chi connectivity index (χ4v) is 2.65. The van der Waals surface area contributed by atoms with Gasteiger partial charge >= 0.3 is 0 Å². The molecular weight excluding hydrogens is 218 g/mol. The van der Waals surface area contributed by atoms with E-state index < -0.39 is 0 Å². The summed E-state index contributed by atoms with van der Waals surface area (Å²) in [4.78, 5) is 0. The number of nitrogens with two attached hydrogens (primary N) is 1. The predicted molar refractivity (Wildman–Crippen MR) is 72.1 cm³/mol. The Morgan fingerprint density at radius 1 is 1.31 bits per heavy atom. The van der Waals surface area contributed by atoms with E-state index in [4.69, 9.17) is 10.5 Å². The number of thioether (sulfide) groups is 1. The molecule has 0 radical (unpaired) electrons. The molecule has 0 bridgehead atoms. The number of ether oxygens (including phenoxy) is 1. The first-order valence-corrected chi connectivity index (χ1v) is 6.68. The Morgan fingerprint density at radius 3 is 2.56 bits per heavy atom. The highest BCUT2D eigenvalue weighted by molar-refractivity contribution is 7.99. The second-order valence-corrected chi connectivity index (χ2v) is 5.43. The number of methoxy groups -OCH3 is 1. The molecule has 1 atom stereocenters. The van der Waals surface area contributed by atoms with E-state index in [1.165, 1.54) is 5.56 Å². The van der Waals surface area contributed by atoms with Gasteiger partial charge < -0.3 is 10.5 Å². The average molecular weight is 239 g/mol. The molecule has 1 unspecified atom stereocenters. The molecule has 0 aliphatic carbocycles. The molecule has 2 nitrogen and oxygen atoms in total. The fraction of sp³-hybridized carbons (Fsp3) is 0.538. The lowest BCUT2D eigenvalue weighted by atomic mass is 10.1. The van der Waals surface area contributed by atoms with Crippen molar-refractivity contribution in [2.45, 2.75) is 19.1 Å². The molecule has 1 rings (SSSR count). The van der Waals surface area contributed by atoms with Crippen molar-refractivity contribution in [3.05, 3.63) is 29.8 Å². The highest BCUT2D eigenvalue weighted by atomic mass is 32.2. The topological polar surface area (TPSA) is 35.2 Å². The van der Waals surface area contributed by atoms with Crippen molar-refractivity contribution >= 4 is 11.8 Å². The summed E-state index contributed by atoms with van der Waals surface area (Å²) in [5, 5.41) is 0.332. The van der Waals surface area contributed by atoms with Crippen molar-refractivity contribution < 1.29 is 4.74 Å². The van der Waals surface area contributed by atoms with Crippen molar-refractivity contribution in [2.24, 2.45) is 11.7 Å². The zero-order chi connectivity index (χ0) is 12.0. The molecule has 2 N–H and O–H groups in total. The normalized spacial score (nSPS) is 12.8. The molecule has 0 aromatic heterocycles. The van der Waals surface area contributed by atoms with E-state index in [2.05, 4.69) is 19.9 Å². The van der Waals surface area contributed by atoms with E-state index >= 15 is 0 Å². The van der Waals surface area contributed by atoms with Crippen LogP contribution in [-0.2, 0) is 0 Å². The number of rotatable bonds is 6. The van der Waals surface area contributed by atoms with Gasteiger partial charge in [-0.1, -0.05) is 32.0 Å². The van der Waals surface area contributed by atoms with Gasteiger partial charge in [-0.05, 0) is 17.7 Å². The zero-order valence-corrected chi connectivity index (χ0v) is 11.1. The highest BCUT2D eigenvalue weighted by Crippen LogP contribution is 2.34. The lowest BCUT2D eigenvalue weighted by Gasteiger charge is -2.18. The van der Waals surface area contributed by atoms with Crippen LogP contribution in [0.2, 0.25) is 0 Å². The van der Waals surface area contributed by atoms with Crippen molar-refractivity contribution in [1.82, 2.24) is 0 Å². The van der Waals surface area contributed by atoms with Gasteiger partial charge in [0.2, 0.25) is 0 Å².